The Kier molecular flexibility index (Phi) is 5.65. The molecule has 0 aromatic heterocycles. The molecular formula is C18H17N2O9S+. The number of amides is 4. The summed E-state index contributed by atoms with van der Waals surface area (Å²) >= 11 is 0. The molecule has 1 fully saturated rings. The number of benzene rings is 1. The highest BCUT2D eigenvalue weighted by molar-refractivity contribution is 7.80. The molecule has 0 spiro atoms. The molecule has 2 heterocycles. The Labute approximate surface area is 170 Å². The minimum Gasteiger partial charge on any atom is -0.269 e. The van der Waals surface area contributed by atoms with Gasteiger partial charge in [-0.3, -0.25) is 9.59 Å². The molecule has 1 N–H and O–H groups in total. The van der Waals surface area contributed by atoms with Gasteiger partial charge in [0.15, 0.2) is 0 Å². The number of imide groups is 2. The van der Waals surface area contributed by atoms with E-state index >= 15 is 0 Å². The lowest BCUT2D eigenvalue weighted by atomic mass is 10.1. The Morgan fingerprint density at radius 3 is 2.03 bits per heavy atom. The second kappa shape index (κ2) is 7.89. The fourth-order valence-electron chi connectivity index (χ4n) is 3.15. The summed E-state index contributed by atoms with van der Waals surface area (Å²) in [5, 5.41) is 0. The molecule has 0 atom stereocenters. The van der Waals surface area contributed by atoms with E-state index in [0.29, 0.717) is 12.1 Å². The fraction of sp³-hybridized carbons (Fsp3) is 0.278. The van der Waals surface area contributed by atoms with Crippen LogP contribution in [0.4, 0.5) is 5.69 Å². The predicted molar refractivity (Wildman–Crippen MR) is 98.2 cm³/mol. The number of hydrogen-bond donors (Lipinski definition) is 1. The molecule has 0 unspecified atom stereocenters. The van der Waals surface area contributed by atoms with E-state index in [1.807, 2.05) is 0 Å². The van der Waals surface area contributed by atoms with Gasteiger partial charge in [0.25, 0.3) is 11.8 Å². The lowest BCUT2D eigenvalue weighted by molar-refractivity contribution is -0.853. The second-order valence-electron chi connectivity index (χ2n) is 6.62. The summed E-state index contributed by atoms with van der Waals surface area (Å²) in [5.74, 6) is -4.49. The average Bonchev–Trinajstić information content (AvgIpc) is 3.16. The Hall–Kier alpha value is -3.22. The molecule has 1 aromatic carbocycles. The highest BCUT2D eigenvalue weighted by atomic mass is 32.2. The first kappa shape index (κ1) is 21.5. The van der Waals surface area contributed by atoms with Gasteiger partial charge < -0.3 is 0 Å². The normalized spacial score (nSPS) is 18.4. The molecule has 12 heteroatoms. The van der Waals surface area contributed by atoms with E-state index in [-0.39, 0.29) is 12.8 Å². The zero-order chi connectivity index (χ0) is 22.1. The van der Waals surface area contributed by atoms with Gasteiger partial charge in [0.1, 0.15) is 4.05 Å². The maximum atomic E-state index is 12.0. The molecule has 0 bridgehead atoms. The van der Waals surface area contributed by atoms with Crippen molar-refractivity contribution in [3.63, 3.8) is 0 Å². The molecule has 0 saturated carbocycles. The largest absolute Gasteiger partial charge is 0.488 e. The number of aryl methyl sites for hydroxylation is 1. The zero-order valence-corrected chi connectivity index (χ0v) is 16.3. The third-order valence-corrected chi connectivity index (χ3v) is 5.75. The minimum atomic E-state index is -5.33. The fourth-order valence-corrected chi connectivity index (χ4v) is 4.02. The van der Waals surface area contributed by atoms with Crippen LogP contribution < -0.4 is 4.90 Å². The van der Waals surface area contributed by atoms with Crippen LogP contribution in [0, 0.1) is 0 Å². The van der Waals surface area contributed by atoms with Crippen molar-refractivity contribution >= 4 is 45.6 Å². The van der Waals surface area contributed by atoms with Crippen LogP contribution in [0.15, 0.2) is 36.4 Å². The summed E-state index contributed by atoms with van der Waals surface area (Å²) in [4.78, 5) is 64.7. The average molecular weight is 437 g/mol. The second-order valence-corrected chi connectivity index (χ2v) is 8.03. The lowest BCUT2D eigenvalue weighted by Gasteiger charge is -2.20. The van der Waals surface area contributed by atoms with Crippen LogP contribution in [0.5, 0.6) is 0 Å². The maximum absolute atomic E-state index is 12.0. The zero-order valence-electron chi connectivity index (χ0n) is 15.5. The Bertz CT molecular complexity index is 1040. The number of nitrogens with zero attached hydrogens (tertiary/aromatic N) is 2. The third kappa shape index (κ3) is 3.79. The monoisotopic (exact) mass is 437 g/mol. The van der Waals surface area contributed by atoms with Crippen LogP contribution in [0.1, 0.15) is 31.2 Å². The molecule has 2 aliphatic heterocycles. The summed E-state index contributed by atoms with van der Waals surface area (Å²) in [5.41, 5.74) is 1.15. The van der Waals surface area contributed by atoms with Crippen LogP contribution in [0.2, 0.25) is 0 Å². The van der Waals surface area contributed by atoms with Crippen molar-refractivity contribution in [2.75, 3.05) is 4.90 Å². The van der Waals surface area contributed by atoms with Crippen LogP contribution >= 0.6 is 0 Å². The van der Waals surface area contributed by atoms with Gasteiger partial charge in [-0.1, -0.05) is 12.1 Å². The van der Waals surface area contributed by atoms with Crippen molar-refractivity contribution in [2.24, 2.45) is 0 Å². The Morgan fingerprint density at radius 2 is 1.53 bits per heavy atom. The first-order valence-electron chi connectivity index (χ1n) is 8.87. The van der Waals surface area contributed by atoms with E-state index < -0.39 is 56.8 Å². The number of carbonyl (C=O) groups excluding carboxylic acids is 5. The quantitative estimate of drug-likeness (QED) is 0.362. The van der Waals surface area contributed by atoms with Crippen molar-refractivity contribution < 1.29 is 45.8 Å². The molecule has 4 amide bonds. The lowest BCUT2D eigenvalue weighted by Crippen LogP contribution is -2.57. The molecule has 11 nitrogen and oxygen atoms in total. The molecule has 30 heavy (non-hydrogen) atoms. The number of rotatable bonds is 7. The third-order valence-electron chi connectivity index (χ3n) is 4.61. The van der Waals surface area contributed by atoms with E-state index in [9.17, 15) is 36.9 Å². The maximum Gasteiger partial charge on any atom is 0.488 e. The van der Waals surface area contributed by atoms with Gasteiger partial charge >= 0.3 is 28.1 Å². The Balaban J connectivity index is 1.58. The van der Waals surface area contributed by atoms with E-state index in [1.165, 1.54) is 12.2 Å². The van der Waals surface area contributed by atoms with E-state index in [4.69, 9.17) is 0 Å². The van der Waals surface area contributed by atoms with Gasteiger partial charge in [-0.25, -0.2) is 28.7 Å². The van der Waals surface area contributed by atoms with Crippen LogP contribution in [-0.4, -0.2) is 46.6 Å². The van der Waals surface area contributed by atoms with E-state index in [0.717, 1.165) is 10.5 Å². The molecule has 2 aliphatic rings. The summed E-state index contributed by atoms with van der Waals surface area (Å²) in [6, 6.07) is 6.44. The van der Waals surface area contributed by atoms with Crippen molar-refractivity contribution in [1.82, 2.24) is 0 Å². The van der Waals surface area contributed by atoms with Crippen LogP contribution in [0.3, 0.4) is 0 Å². The van der Waals surface area contributed by atoms with E-state index in [1.54, 1.807) is 24.3 Å². The highest BCUT2D eigenvalue weighted by Crippen LogP contribution is 2.28. The first-order chi connectivity index (χ1) is 14.1. The van der Waals surface area contributed by atoms with Crippen molar-refractivity contribution in [3.8, 4) is 0 Å². The summed E-state index contributed by atoms with van der Waals surface area (Å²) in [6.45, 7) is 0. The number of hydroxylamine groups is 2. The number of carbonyl (C=O) groups is 5. The highest BCUT2D eigenvalue weighted by Gasteiger charge is 2.65. The minimum absolute atomic E-state index is 0.190. The molecule has 0 aliphatic carbocycles. The van der Waals surface area contributed by atoms with Crippen molar-refractivity contribution in [1.29, 1.82) is 0 Å². The van der Waals surface area contributed by atoms with Gasteiger partial charge in [0.2, 0.25) is 0 Å². The van der Waals surface area contributed by atoms with E-state index in [2.05, 4.69) is 4.84 Å². The predicted octanol–water partition coefficient (Wildman–Crippen LogP) is 0.363. The van der Waals surface area contributed by atoms with Crippen molar-refractivity contribution in [2.45, 2.75) is 32.1 Å². The van der Waals surface area contributed by atoms with Crippen LogP contribution in [-0.2, 0) is 45.5 Å². The van der Waals surface area contributed by atoms with Gasteiger partial charge in [-0.05, 0) is 30.5 Å². The van der Waals surface area contributed by atoms with Crippen LogP contribution in [0.25, 0.3) is 0 Å². The SMILES string of the molecule is O=C(CCCc1ccc(N2C(=O)C=CC2=O)cc1)O[N+]1(S(=O)(=O)O)C(=O)CCC1=O. The molecule has 3 rings (SSSR count). The first-order valence-corrected chi connectivity index (χ1v) is 10.3. The summed E-state index contributed by atoms with van der Waals surface area (Å²) < 4.78 is 30.0. The van der Waals surface area contributed by atoms with Gasteiger partial charge in [0.05, 0.1) is 24.9 Å². The summed E-state index contributed by atoms with van der Waals surface area (Å²) in [6.07, 6.45) is 1.63. The number of quaternary nitrogens is 1. The molecule has 0 radical (unpaired) electrons. The standard InChI is InChI=1S/C18H16N2O9S/c21-14-8-9-15(22)19(14)13-6-4-12(5-7-13)2-1-3-18(25)29-20(30(26,27)28)16(23)10-11-17(20)24/h4-9H,1-3,10-11H2/p+1. The smallest absolute Gasteiger partial charge is 0.269 e. The number of hydrogen-bond acceptors (Lipinski definition) is 8. The topological polar surface area (TPSA) is 152 Å². The van der Waals surface area contributed by atoms with Gasteiger partial charge in [-0.15, -0.1) is 8.42 Å². The molecule has 1 aromatic rings. The van der Waals surface area contributed by atoms with Crippen molar-refractivity contribution in [3.05, 3.63) is 42.0 Å². The molecule has 1 saturated heterocycles. The van der Waals surface area contributed by atoms with Gasteiger partial charge in [-0.2, -0.15) is 0 Å². The molecular weight excluding hydrogens is 420 g/mol. The summed E-state index contributed by atoms with van der Waals surface area (Å²) in [7, 11) is -5.33. The number of anilines is 1. The molecule has 158 valence electrons. The Morgan fingerprint density at radius 1 is 1.00 bits per heavy atom. The van der Waals surface area contributed by atoms with Gasteiger partial charge in [0, 0.05) is 12.2 Å².